The summed E-state index contributed by atoms with van der Waals surface area (Å²) in [4.78, 5) is 22.0. The molecule has 0 aromatic heterocycles. The molecule has 2 saturated carbocycles. The summed E-state index contributed by atoms with van der Waals surface area (Å²) in [5.41, 5.74) is 0. The van der Waals surface area contributed by atoms with E-state index in [0.717, 1.165) is 43.8 Å². The number of aldehydes is 1. The number of hydrogen-bond acceptors (Lipinski definition) is 2. The molecule has 2 heteroatoms. The van der Waals surface area contributed by atoms with Crippen LogP contribution in [-0.4, -0.2) is 12.1 Å². The van der Waals surface area contributed by atoms with Gasteiger partial charge in [0.2, 0.25) is 0 Å². The topological polar surface area (TPSA) is 34.1 Å². The van der Waals surface area contributed by atoms with Crippen molar-refractivity contribution in [1.29, 1.82) is 0 Å². The number of ketones is 1. The van der Waals surface area contributed by atoms with E-state index in [0.29, 0.717) is 17.6 Å². The number of hydrogen-bond donors (Lipinski definition) is 0. The molecule has 2 rings (SSSR count). The summed E-state index contributed by atoms with van der Waals surface area (Å²) in [6.45, 7) is 1.74. The standard InChI is InChI=1S/C15H24O2/c1-11(17)13-6-8-15(9-7-13)14-4-2-12(10-16)3-5-14/h10,12-15H,2-9H2,1H3. The Morgan fingerprint density at radius 2 is 1.35 bits per heavy atom. The van der Waals surface area contributed by atoms with Gasteiger partial charge in [-0.2, -0.15) is 0 Å². The third-order valence-corrected chi connectivity index (χ3v) is 5.02. The summed E-state index contributed by atoms with van der Waals surface area (Å²) in [5, 5.41) is 0. The van der Waals surface area contributed by atoms with Crippen LogP contribution in [0.2, 0.25) is 0 Å². The van der Waals surface area contributed by atoms with E-state index in [1.54, 1.807) is 6.92 Å². The SMILES string of the molecule is CC(=O)C1CCC(C2CCC(C=O)CC2)CC1. The van der Waals surface area contributed by atoms with E-state index in [9.17, 15) is 9.59 Å². The molecular weight excluding hydrogens is 212 g/mol. The Hall–Kier alpha value is -0.660. The average Bonchev–Trinajstić information content (AvgIpc) is 2.39. The van der Waals surface area contributed by atoms with Crippen LogP contribution in [0.4, 0.5) is 0 Å². The summed E-state index contributed by atoms with van der Waals surface area (Å²) in [6.07, 6.45) is 10.5. The van der Waals surface area contributed by atoms with Crippen molar-refractivity contribution < 1.29 is 9.59 Å². The number of carbonyl (C=O) groups excluding carboxylic acids is 2. The Bertz CT molecular complexity index is 269. The first-order chi connectivity index (χ1) is 8.20. The van der Waals surface area contributed by atoms with Gasteiger partial charge in [0.15, 0.2) is 0 Å². The van der Waals surface area contributed by atoms with Crippen LogP contribution in [0.1, 0.15) is 58.3 Å². The van der Waals surface area contributed by atoms with E-state index in [1.165, 1.54) is 25.7 Å². The molecule has 0 atom stereocenters. The van der Waals surface area contributed by atoms with E-state index in [2.05, 4.69) is 0 Å². The second-order valence-corrected chi connectivity index (χ2v) is 6.03. The summed E-state index contributed by atoms with van der Waals surface area (Å²) in [5.74, 6) is 2.72. The van der Waals surface area contributed by atoms with Gasteiger partial charge in [0.1, 0.15) is 12.1 Å². The first-order valence-corrected chi connectivity index (χ1v) is 7.16. The lowest BCUT2D eigenvalue weighted by molar-refractivity contribution is -0.122. The molecule has 17 heavy (non-hydrogen) atoms. The Balaban J connectivity index is 1.78. The van der Waals surface area contributed by atoms with Crippen LogP contribution in [0.15, 0.2) is 0 Å². The summed E-state index contributed by atoms with van der Waals surface area (Å²) in [6, 6.07) is 0. The Labute approximate surface area is 104 Å². The predicted octanol–water partition coefficient (Wildman–Crippen LogP) is 3.39. The quantitative estimate of drug-likeness (QED) is 0.704. The number of Topliss-reactive ketones (excluding diaryl/α,β-unsaturated/α-hetero) is 1. The maximum Gasteiger partial charge on any atom is 0.132 e. The highest BCUT2D eigenvalue weighted by molar-refractivity contribution is 5.78. The minimum atomic E-state index is 0.333. The van der Waals surface area contributed by atoms with Crippen LogP contribution < -0.4 is 0 Å². The van der Waals surface area contributed by atoms with Crippen molar-refractivity contribution in [3.05, 3.63) is 0 Å². The van der Waals surface area contributed by atoms with Crippen molar-refractivity contribution in [2.45, 2.75) is 58.3 Å². The molecule has 0 amide bonds. The lowest BCUT2D eigenvalue weighted by Crippen LogP contribution is -2.27. The van der Waals surface area contributed by atoms with Crippen LogP contribution >= 0.6 is 0 Å². The normalized spacial score (nSPS) is 38.6. The van der Waals surface area contributed by atoms with Gasteiger partial charge in [0.25, 0.3) is 0 Å². The lowest BCUT2D eigenvalue weighted by Gasteiger charge is -2.36. The summed E-state index contributed by atoms with van der Waals surface area (Å²) < 4.78 is 0. The van der Waals surface area contributed by atoms with Crippen molar-refractivity contribution in [2.24, 2.45) is 23.7 Å². The van der Waals surface area contributed by atoms with Gasteiger partial charge in [0, 0.05) is 11.8 Å². The highest BCUT2D eigenvalue weighted by atomic mass is 16.1. The summed E-state index contributed by atoms with van der Waals surface area (Å²) >= 11 is 0. The minimum absolute atomic E-state index is 0.333. The maximum absolute atomic E-state index is 11.3. The van der Waals surface area contributed by atoms with Gasteiger partial charge >= 0.3 is 0 Å². The average molecular weight is 236 g/mol. The zero-order valence-corrected chi connectivity index (χ0v) is 10.9. The Morgan fingerprint density at radius 3 is 1.76 bits per heavy atom. The van der Waals surface area contributed by atoms with E-state index in [4.69, 9.17) is 0 Å². The van der Waals surface area contributed by atoms with E-state index in [-0.39, 0.29) is 0 Å². The zero-order chi connectivity index (χ0) is 12.3. The highest BCUT2D eigenvalue weighted by Gasteiger charge is 2.31. The van der Waals surface area contributed by atoms with Crippen LogP contribution in [0.3, 0.4) is 0 Å². The molecule has 2 aliphatic carbocycles. The first-order valence-electron chi connectivity index (χ1n) is 7.16. The van der Waals surface area contributed by atoms with Gasteiger partial charge in [0.05, 0.1) is 0 Å². The molecule has 96 valence electrons. The fraction of sp³-hybridized carbons (Fsp3) is 0.867. The van der Waals surface area contributed by atoms with Gasteiger partial charge < -0.3 is 4.79 Å². The fourth-order valence-corrected chi connectivity index (χ4v) is 3.75. The smallest absolute Gasteiger partial charge is 0.132 e. The van der Waals surface area contributed by atoms with Crippen molar-refractivity contribution in [3.8, 4) is 0 Å². The lowest BCUT2D eigenvalue weighted by atomic mass is 9.69. The molecule has 0 radical (unpaired) electrons. The summed E-state index contributed by atoms with van der Waals surface area (Å²) in [7, 11) is 0. The molecule has 0 aromatic rings. The van der Waals surface area contributed by atoms with Gasteiger partial charge in [-0.15, -0.1) is 0 Å². The van der Waals surface area contributed by atoms with Gasteiger partial charge in [-0.3, -0.25) is 4.79 Å². The fourth-order valence-electron chi connectivity index (χ4n) is 3.75. The maximum atomic E-state index is 11.3. The largest absolute Gasteiger partial charge is 0.303 e. The molecule has 0 saturated heterocycles. The van der Waals surface area contributed by atoms with E-state index >= 15 is 0 Å². The molecular formula is C15H24O2. The zero-order valence-electron chi connectivity index (χ0n) is 10.9. The van der Waals surface area contributed by atoms with Crippen molar-refractivity contribution in [2.75, 3.05) is 0 Å². The van der Waals surface area contributed by atoms with E-state index < -0.39 is 0 Å². The van der Waals surface area contributed by atoms with Gasteiger partial charge in [-0.1, -0.05) is 0 Å². The number of carbonyl (C=O) groups is 2. The van der Waals surface area contributed by atoms with Crippen molar-refractivity contribution >= 4 is 12.1 Å². The van der Waals surface area contributed by atoms with Crippen molar-refractivity contribution in [1.82, 2.24) is 0 Å². The van der Waals surface area contributed by atoms with Crippen LogP contribution in [-0.2, 0) is 9.59 Å². The second kappa shape index (κ2) is 5.79. The minimum Gasteiger partial charge on any atom is -0.303 e. The Kier molecular flexibility index (Phi) is 4.36. The third kappa shape index (κ3) is 3.17. The molecule has 2 fully saturated rings. The monoisotopic (exact) mass is 236 g/mol. The van der Waals surface area contributed by atoms with Gasteiger partial charge in [-0.05, 0) is 70.1 Å². The first kappa shape index (κ1) is 12.8. The third-order valence-electron chi connectivity index (χ3n) is 5.02. The highest BCUT2D eigenvalue weighted by Crippen LogP contribution is 2.41. The predicted molar refractivity (Wildman–Crippen MR) is 67.6 cm³/mol. The Morgan fingerprint density at radius 1 is 0.882 bits per heavy atom. The second-order valence-electron chi connectivity index (χ2n) is 6.03. The molecule has 0 N–H and O–H groups in total. The molecule has 0 spiro atoms. The number of rotatable bonds is 3. The molecule has 0 aromatic carbocycles. The molecule has 0 aliphatic heterocycles. The molecule has 2 nitrogen and oxygen atoms in total. The van der Waals surface area contributed by atoms with Crippen molar-refractivity contribution in [3.63, 3.8) is 0 Å². The molecule has 0 bridgehead atoms. The van der Waals surface area contributed by atoms with E-state index in [1.807, 2.05) is 0 Å². The molecule has 0 unspecified atom stereocenters. The van der Waals surface area contributed by atoms with Crippen LogP contribution in [0.25, 0.3) is 0 Å². The van der Waals surface area contributed by atoms with Gasteiger partial charge in [-0.25, -0.2) is 0 Å². The molecule has 2 aliphatic rings. The molecule has 0 heterocycles. The van der Waals surface area contributed by atoms with Crippen LogP contribution in [0, 0.1) is 23.7 Å². The van der Waals surface area contributed by atoms with Crippen LogP contribution in [0.5, 0.6) is 0 Å².